The Bertz CT molecular complexity index is 769. The largest absolute Gasteiger partial charge is 0.346 e. The minimum Gasteiger partial charge on any atom is -0.346 e. The van der Waals surface area contributed by atoms with Gasteiger partial charge in [0.25, 0.3) is 11.6 Å². The molecule has 0 spiro atoms. The van der Waals surface area contributed by atoms with E-state index < -0.39 is 4.92 Å². The van der Waals surface area contributed by atoms with Gasteiger partial charge in [0.05, 0.1) is 11.0 Å². The van der Waals surface area contributed by atoms with Crippen LogP contribution < -0.4 is 5.32 Å². The highest BCUT2D eigenvalue weighted by Crippen LogP contribution is 2.20. The Balaban J connectivity index is 2.16. The maximum Gasteiger partial charge on any atom is 0.272 e. The molecule has 1 atom stereocenters. The molecule has 0 aliphatic heterocycles. The van der Waals surface area contributed by atoms with E-state index in [1.165, 1.54) is 23.3 Å². The summed E-state index contributed by atoms with van der Waals surface area (Å²) in [6.45, 7) is 7.62. The van der Waals surface area contributed by atoms with Crippen molar-refractivity contribution in [3.8, 4) is 0 Å². The fraction of sp³-hybridized carbons (Fsp3) is 0.278. The molecule has 1 N–H and O–H groups in total. The maximum absolute atomic E-state index is 12.3. The summed E-state index contributed by atoms with van der Waals surface area (Å²) in [7, 11) is 0. The molecule has 23 heavy (non-hydrogen) atoms. The molecule has 0 fully saturated rings. The molecule has 0 aliphatic rings. The Hall–Kier alpha value is -2.69. The van der Waals surface area contributed by atoms with Gasteiger partial charge < -0.3 is 5.32 Å². The lowest BCUT2D eigenvalue weighted by atomic mass is 10.0. The average molecular weight is 312 g/mol. The molecule has 0 saturated heterocycles. The second-order valence-electron chi connectivity index (χ2n) is 5.80. The number of amides is 1. The summed E-state index contributed by atoms with van der Waals surface area (Å²) in [6.07, 6.45) is 0. The van der Waals surface area contributed by atoms with Gasteiger partial charge in [0.2, 0.25) is 0 Å². The van der Waals surface area contributed by atoms with Crippen molar-refractivity contribution in [2.24, 2.45) is 0 Å². The van der Waals surface area contributed by atoms with Crippen LogP contribution in [0.25, 0.3) is 0 Å². The van der Waals surface area contributed by atoms with E-state index >= 15 is 0 Å². The van der Waals surface area contributed by atoms with Crippen molar-refractivity contribution in [3.05, 3.63) is 74.3 Å². The summed E-state index contributed by atoms with van der Waals surface area (Å²) in [5.41, 5.74) is 4.32. The first-order chi connectivity index (χ1) is 10.8. The molecule has 0 aromatic heterocycles. The van der Waals surface area contributed by atoms with Gasteiger partial charge in [-0.2, -0.15) is 0 Å². The number of hydrogen-bond donors (Lipinski definition) is 1. The van der Waals surface area contributed by atoms with Gasteiger partial charge in [-0.25, -0.2) is 0 Å². The van der Waals surface area contributed by atoms with E-state index in [-0.39, 0.29) is 17.6 Å². The molecular weight excluding hydrogens is 292 g/mol. The van der Waals surface area contributed by atoms with E-state index in [1.54, 1.807) is 13.0 Å². The fourth-order valence-electron chi connectivity index (χ4n) is 2.40. The zero-order valence-corrected chi connectivity index (χ0v) is 13.7. The van der Waals surface area contributed by atoms with E-state index in [9.17, 15) is 14.9 Å². The lowest BCUT2D eigenvalue weighted by Gasteiger charge is -2.16. The van der Waals surface area contributed by atoms with Gasteiger partial charge >= 0.3 is 0 Å². The summed E-state index contributed by atoms with van der Waals surface area (Å²) in [6, 6.07) is 10.3. The number of nitrogens with zero attached hydrogens (tertiary/aromatic N) is 1. The van der Waals surface area contributed by atoms with Crippen molar-refractivity contribution in [2.45, 2.75) is 33.7 Å². The third kappa shape index (κ3) is 3.74. The van der Waals surface area contributed by atoms with Gasteiger partial charge in [0.15, 0.2) is 0 Å². The Labute approximate surface area is 135 Å². The van der Waals surface area contributed by atoms with Gasteiger partial charge in [-0.15, -0.1) is 0 Å². The van der Waals surface area contributed by atoms with E-state index in [4.69, 9.17) is 0 Å². The molecule has 0 unspecified atom stereocenters. The van der Waals surface area contributed by atoms with Gasteiger partial charge in [-0.3, -0.25) is 14.9 Å². The van der Waals surface area contributed by atoms with E-state index in [0.29, 0.717) is 11.1 Å². The number of aryl methyl sites for hydroxylation is 3. The van der Waals surface area contributed by atoms with Crippen LogP contribution >= 0.6 is 0 Å². The number of rotatable bonds is 4. The van der Waals surface area contributed by atoms with Crippen LogP contribution in [0.1, 0.15) is 45.6 Å². The number of carbonyl (C=O) groups excluding carboxylic acids is 1. The molecule has 0 bridgehead atoms. The number of nitrogens with one attached hydrogen (secondary N) is 1. The van der Waals surface area contributed by atoms with Gasteiger partial charge in [-0.1, -0.05) is 18.2 Å². The molecule has 120 valence electrons. The topological polar surface area (TPSA) is 72.2 Å². The lowest BCUT2D eigenvalue weighted by molar-refractivity contribution is -0.385. The molecule has 0 heterocycles. The highest BCUT2D eigenvalue weighted by atomic mass is 16.6. The first-order valence-electron chi connectivity index (χ1n) is 7.42. The lowest BCUT2D eigenvalue weighted by Crippen LogP contribution is -2.26. The molecule has 5 nitrogen and oxygen atoms in total. The van der Waals surface area contributed by atoms with Crippen molar-refractivity contribution in [3.63, 3.8) is 0 Å². The Morgan fingerprint density at radius 3 is 2.30 bits per heavy atom. The van der Waals surface area contributed by atoms with Gasteiger partial charge in [0.1, 0.15) is 0 Å². The predicted molar refractivity (Wildman–Crippen MR) is 89.6 cm³/mol. The van der Waals surface area contributed by atoms with Crippen LogP contribution in [0.5, 0.6) is 0 Å². The Morgan fingerprint density at radius 1 is 1.04 bits per heavy atom. The SMILES string of the molecule is Cc1ccc([C@H](C)NC(=O)c2ccc([N+](=O)[O-])c(C)c2)cc1C. The summed E-state index contributed by atoms with van der Waals surface area (Å²) < 4.78 is 0. The van der Waals surface area contributed by atoms with Crippen LogP contribution in [0.15, 0.2) is 36.4 Å². The number of hydrogen-bond acceptors (Lipinski definition) is 3. The molecule has 2 rings (SSSR count). The van der Waals surface area contributed by atoms with E-state index in [1.807, 2.05) is 32.9 Å². The second-order valence-corrected chi connectivity index (χ2v) is 5.80. The Kier molecular flexibility index (Phi) is 4.79. The first kappa shape index (κ1) is 16.7. The minimum atomic E-state index is -0.450. The van der Waals surface area contributed by atoms with Crippen molar-refractivity contribution >= 4 is 11.6 Å². The number of carbonyl (C=O) groups is 1. The highest BCUT2D eigenvalue weighted by Gasteiger charge is 2.16. The van der Waals surface area contributed by atoms with Crippen LogP contribution in [-0.2, 0) is 0 Å². The summed E-state index contributed by atoms with van der Waals surface area (Å²) >= 11 is 0. The molecule has 2 aromatic carbocycles. The van der Waals surface area contributed by atoms with Crippen LogP contribution in [0, 0.1) is 30.9 Å². The van der Waals surface area contributed by atoms with Gasteiger partial charge in [-0.05, 0) is 56.5 Å². The summed E-state index contributed by atoms with van der Waals surface area (Å²) in [4.78, 5) is 22.7. The number of nitro benzene ring substituents is 1. The maximum atomic E-state index is 12.3. The van der Waals surface area contributed by atoms with E-state index in [0.717, 1.165) is 5.56 Å². The molecular formula is C18H20N2O3. The quantitative estimate of drug-likeness (QED) is 0.685. The minimum absolute atomic E-state index is 0.0174. The third-order valence-corrected chi connectivity index (χ3v) is 4.03. The van der Waals surface area contributed by atoms with Crippen molar-refractivity contribution in [1.29, 1.82) is 0 Å². The number of benzene rings is 2. The fourth-order valence-corrected chi connectivity index (χ4v) is 2.40. The second kappa shape index (κ2) is 6.60. The first-order valence-corrected chi connectivity index (χ1v) is 7.42. The monoisotopic (exact) mass is 312 g/mol. The van der Waals surface area contributed by atoms with E-state index in [2.05, 4.69) is 11.4 Å². The molecule has 2 aromatic rings. The Morgan fingerprint density at radius 2 is 1.74 bits per heavy atom. The number of nitro groups is 1. The zero-order valence-electron chi connectivity index (χ0n) is 13.7. The van der Waals surface area contributed by atoms with Gasteiger partial charge in [0, 0.05) is 17.2 Å². The zero-order chi connectivity index (χ0) is 17.1. The molecule has 0 saturated carbocycles. The van der Waals surface area contributed by atoms with Crippen LogP contribution in [0.4, 0.5) is 5.69 Å². The summed E-state index contributed by atoms with van der Waals surface area (Å²) in [5.74, 6) is -0.242. The molecule has 0 aliphatic carbocycles. The van der Waals surface area contributed by atoms with Crippen LogP contribution in [0.3, 0.4) is 0 Å². The van der Waals surface area contributed by atoms with Crippen LogP contribution in [-0.4, -0.2) is 10.8 Å². The smallest absolute Gasteiger partial charge is 0.272 e. The standard InChI is InChI=1S/C18H20N2O3/c1-11-5-6-15(9-12(11)2)14(4)19-18(21)16-7-8-17(20(22)23)13(3)10-16/h5-10,14H,1-4H3,(H,19,21)/t14-/m0/s1. The third-order valence-electron chi connectivity index (χ3n) is 4.03. The van der Waals surface area contributed by atoms with Crippen molar-refractivity contribution < 1.29 is 9.72 Å². The summed E-state index contributed by atoms with van der Waals surface area (Å²) in [5, 5.41) is 13.8. The highest BCUT2D eigenvalue weighted by molar-refractivity contribution is 5.95. The van der Waals surface area contributed by atoms with Crippen molar-refractivity contribution in [2.75, 3.05) is 0 Å². The average Bonchev–Trinajstić information content (AvgIpc) is 2.49. The molecule has 5 heteroatoms. The molecule has 1 amide bonds. The molecule has 0 radical (unpaired) electrons. The normalized spacial score (nSPS) is 11.8. The van der Waals surface area contributed by atoms with Crippen molar-refractivity contribution in [1.82, 2.24) is 5.32 Å². The van der Waals surface area contributed by atoms with Crippen LogP contribution in [0.2, 0.25) is 0 Å². The predicted octanol–water partition coefficient (Wildman–Crippen LogP) is 4.01.